The lowest BCUT2D eigenvalue weighted by molar-refractivity contribution is -0.384. The minimum Gasteiger partial charge on any atom is -0.466 e. The van der Waals surface area contributed by atoms with Crippen molar-refractivity contribution >= 4 is 17.4 Å². The van der Waals surface area contributed by atoms with Crippen LogP contribution >= 0.6 is 0 Å². The summed E-state index contributed by atoms with van der Waals surface area (Å²) >= 11 is 0. The van der Waals surface area contributed by atoms with Crippen LogP contribution in [-0.2, 0) is 9.53 Å². The van der Waals surface area contributed by atoms with E-state index < -0.39 is 22.7 Å². The van der Waals surface area contributed by atoms with Gasteiger partial charge in [0, 0.05) is 29.5 Å². The van der Waals surface area contributed by atoms with E-state index in [1.165, 1.54) is 12.1 Å². The SMILES string of the molecule is CCOC(=O)[C@H]1[C@H](C(=O)c2ccccc2)[C@H]1c1ccc([N+](=O)[O-])cc1. The summed E-state index contributed by atoms with van der Waals surface area (Å²) in [5, 5.41) is 10.8. The zero-order valence-corrected chi connectivity index (χ0v) is 13.6. The van der Waals surface area contributed by atoms with Crippen molar-refractivity contribution in [2.45, 2.75) is 12.8 Å². The predicted molar refractivity (Wildman–Crippen MR) is 90.2 cm³/mol. The third kappa shape index (κ3) is 3.28. The Bertz CT molecular complexity index is 800. The molecule has 0 heterocycles. The minimum atomic E-state index is -0.547. The lowest BCUT2D eigenvalue weighted by Gasteiger charge is -2.01. The molecule has 3 rings (SSSR count). The molecule has 1 saturated carbocycles. The monoisotopic (exact) mass is 339 g/mol. The van der Waals surface area contributed by atoms with Crippen molar-refractivity contribution in [3.8, 4) is 0 Å². The molecule has 6 nitrogen and oxygen atoms in total. The van der Waals surface area contributed by atoms with Crippen LogP contribution in [0.15, 0.2) is 54.6 Å². The number of carbonyl (C=O) groups excluding carboxylic acids is 2. The molecule has 0 aromatic heterocycles. The number of esters is 1. The predicted octanol–water partition coefficient (Wildman–Crippen LogP) is 3.37. The maximum Gasteiger partial charge on any atom is 0.310 e. The number of ketones is 1. The molecule has 2 aromatic rings. The molecule has 0 bridgehead atoms. The van der Waals surface area contributed by atoms with Gasteiger partial charge < -0.3 is 4.74 Å². The van der Waals surface area contributed by atoms with Crippen LogP contribution in [0.2, 0.25) is 0 Å². The third-order valence-electron chi connectivity index (χ3n) is 4.43. The molecular formula is C19H17NO5. The van der Waals surface area contributed by atoms with Gasteiger partial charge in [-0.15, -0.1) is 0 Å². The number of nitro groups is 1. The highest BCUT2D eigenvalue weighted by molar-refractivity contribution is 6.04. The number of hydrogen-bond donors (Lipinski definition) is 0. The summed E-state index contributed by atoms with van der Waals surface area (Å²) in [4.78, 5) is 35.3. The topological polar surface area (TPSA) is 86.5 Å². The van der Waals surface area contributed by atoms with Gasteiger partial charge in [-0.2, -0.15) is 0 Å². The smallest absolute Gasteiger partial charge is 0.310 e. The van der Waals surface area contributed by atoms with E-state index in [1.54, 1.807) is 43.3 Å². The largest absolute Gasteiger partial charge is 0.466 e. The highest BCUT2D eigenvalue weighted by Crippen LogP contribution is 2.56. The highest BCUT2D eigenvalue weighted by atomic mass is 16.6. The molecule has 2 aromatic carbocycles. The van der Waals surface area contributed by atoms with E-state index in [9.17, 15) is 19.7 Å². The van der Waals surface area contributed by atoms with Crippen LogP contribution in [-0.4, -0.2) is 23.3 Å². The number of rotatable bonds is 6. The molecular weight excluding hydrogens is 322 g/mol. The van der Waals surface area contributed by atoms with Crippen molar-refractivity contribution in [1.29, 1.82) is 0 Å². The van der Waals surface area contributed by atoms with Crippen LogP contribution in [0.3, 0.4) is 0 Å². The quantitative estimate of drug-likeness (QED) is 0.348. The molecule has 0 saturated heterocycles. The molecule has 1 aliphatic rings. The van der Waals surface area contributed by atoms with Gasteiger partial charge in [0.15, 0.2) is 5.78 Å². The second kappa shape index (κ2) is 6.84. The van der Waals surface area contributed by atoms with E-state index in [0.717, 1.165) is 5.56 Å². The summed E-state index contributed by atoms with van der Waals surface area (Å²) < 4.78 is 5.10. The number of carbonyl (C=O) groups is 2. The summed E-state index contributed by atoms with van der Waals surface area (Å²) in [7, 11) is 0. The van der Waals surface area contributed by atoms with Crippen LogP contribution < -0.4 is 0 Å². The first-order valence-corrected chi connectivity index (χ1v) is 8.04. The molecule has 0 amide bonds. The number of Topliss-reactive ketones (excluding diaryl/α,β-unsaturated/α-hetero) is 1. The molecule has 3 atom stereocenters. The van der Waals surface area contributed by atoms with Crippen molar-refractivity contribution < 1.29 is 19.2 Å². The second-order valence-electron chi connectivity index (χ2n) is 5.91. The molecule has 0 aliphatic heterocycles. The molecule has 25 heavy (non-hydrogen) atoms. The molecule has 128 valence electrons. The van der Waals surface area contributed by atoms with Crippen LogP contribution in [0.1, 0.15) is 28.8 Å². The minimum absolute atomic E-state index is 0.0250. The van der Waals surface area contributed by atoms with Crippen molar-refractivity contribution in [3.63, 3.8) is 0 Å². The summed E-state index contributed by atoms with van der Waals surface area (Å²) in [6, 6.07) is 14.8. The van der Waals surface area contributed by atoms with Gasteiger partial charge in [-0.1, -0.05) is 42.5 Å². The van der Waals surface area contributed by atoms with Gasteiger partial charge in [0.1, 0.15) is 0 Å². The van der Waals surface area contributed by atoms with Gasteiger partial charge >= 0.3 is 5.97 Å². The van der Waals surface area contributed by atoms with E-state index in [2.05, 4.69) is 0 Å². The third-order valence-corrected chi connectivity index (χ3v) is 4.43. The van der Waals surface area contributed by atoms with Crippen LogP contribution in [0.25, 0.3) is 0 Å². The first-order chi connectivity index (χ1) is 12.0. The van der Waals surface area contributed by atoms with E-state index in [4.69, 9.17) is 4.74 Å². The first kappa shape index (κ1) is 16.8. The van der Waals surface area contributed by atoms with Crippen LogP contribution in [0, 0.1) is 22.0 Å². The number of nitro benzene ring substituents is 1. The van der Waals surface area contributed by atoms with Gasteiger partial charge in [-0.3, -0.25) is 19.7 Å². The maximum absolute atomic E-state index is 12.8. The lowest BCUT2D eigenvalue weighted by atomic mass is 10.0. The zero-order chi connectivity index (χ0) is 18.0. The van der Waals surface area contributed by atoms with Crippen molar-refractivity contribution in [1.82, 2.24) is 0 Å². The van der Waals surface area contributed by atoms with Crippen LogP contribution in [0.5, 0.6) is 0 Å². The van der Waals surface area contributed by atoms with E-state index in [0.29, 0.717) is 5.56 Å². The van der Waals surface area contributed by atoms with Crippen molar-refractivity contribution in [3.05, 3.63) is 75.8 Å². The molecule has 6 heteroatoms. The number of benzene rings is 2. The molecule has 0 spiro atoms. The van der Waals surface area contributed by atoms with Gasteiger partial charge in [-0.05, 0) is 12.5 Å². The Morgan fingerprint density at radius 2 is 1.68 bits per heavy atom. The Morgan fingerprint density at radius 3 is 2.24 bits per heavy atom. The molecule has 0 unspecified atom stereocenters. The molecule has 0 N–H and O–H groups in total. The fourth-order valence-electron chi connectivity index (χ4n) is 3.20. The second-order valence-corrected chi connectivity index (χ2v) is 5.91. The normalized spacial score (nSPS) is 21.4. The Kier molecular flexibility index (Phi) is 4.61. The Hall–Kier alpha value is -3.02. The van der Waals surface area contributed by atoms with Crippen molar-refractivity contribution in [2.75, 3.05) is 6.61 Å². The standard InChI is InChI=1S/C19H17NO5/c1-2-25-19(22)17-15(12-8-10-14(11-9-12)20(23)24)16(17)18(21)13-6-4-3-5-7-13/h3-11,15-17H,2H2,1H3/t15-,16-,17-/m1/s1. The zero-order valence-electron chi connectivity index (χ0n) is 13.6. The van der Waals surface area contributed by atoms with Gasteiger partial charge in [0.2, 0.25) is 0 Å². The number of non-ortho nitro benzene ring substituents is 1. The summed E-state index contributed by atoms with van der Waals surface area (Å²) in [6.45, 7) is 1.96. The average Bonchev–Trinajstić information content (AvgIpc) is 3.38. The molecule has 1 fully saturated rings. The van der Waals surface area contributed by atoms with Gasteiger partial charge in [-0.25, -0.2) is 0 Å². The maximum atomic E-state index is 12.8. The Labute approximate surface area is 144 Å². The summed E-state index contributed by atoms with van der Waals surface area (Å²) in [5.74, 6) is -1.87. The Morgan fingerprint density at radius 1 is 1.04 bits per heavy atom. The number of nitrogens with zero attached hydrogens (tertiary/aromatic N) is 1. The summed E-state index contributed by atoms with van der Waals surface area (Å²) in [5.41, 5.74) is 1.26. The van der Waals surface area contributed by atoms with Gasteiger partial charge in [0.05, 0.1) is 17.4 Å². The average molecular weight is 339 g/mol. The number of ether oxygens (including phenoxy) is 1. The molecule has 0 radical (unpaired) electrons. The van der Waals surface area contributed by atoms with Gasteiger partial charge in [0.25, 0.3) is 5.69 Å². The van der Waals surface area contributed by atoms with E-state index in [1.807, 2.05) is 6.07 Å². The fourth-order valence-corrected chi connectivity index (χ4v) is 3.20. The molecule has 1 aliphatic carbocycles. The van der Waals surface area contributed by atoms with E-state index >= 15 is 0 Å². The number of hydrogen-bond acceptors (Lipinski definition) is 5. The highest BCUT2D eigenvalue weighted by Gasteiger charge is 2.60. The first-order valence-electron chi connectivity index (χ1n) is 8.04. The van der Waals surface area contributed by atoms with E-state index in [-0.39, 0.29) is 24.0 Å². The lowest BCUT2D eigenvalue weighted by Crippen LogP contribution is -2.11. The van der Waals surface area contributed by atoms with Crippen LogP contribution in [0.4, 0.5) is 5.69 Å². The fraction of sp³-hybridized carbons (Fsp3) is 0.263. The summed E-state index contributed by atoms with van der Waals surface area (Å²) in [6.07, 6.45) is 0. The Balaban J connectivity index is 1.88. The van der Waals surface area contributed by atoms with Crippen molar-refractivity contribution in [2.24, 2.45) is 11.8 Å².